The van der Waals surface area contributed by atoms with Crippen LogP contribution in [0, 0.1) is 5.92 Å². The molecule has 1 saturated carbocycles. The molecule has 1 aromatic carbocycles. The van der Waals surface area contributed by atoms with Crippen LogP contribution in [0.1, 0.15) is 32.6 Å². The van der Waals surface area contributed by atoms with Crippen molar-refractivity contribution in [2.24, 2.45) is 5.92 Å². The summed E-state index contributed by atoms with van der Waals surface area (Å²) in [5, 5.41) is 3.59. The molecule has 0 saturated heterocycles. The summed E-state index contributed by atoms with van der Waals surface area (Å²) >= 11 is 3.57. The summed E-state index contributed by atoms with van der Waals surface area (Å²) in [7, 11) is 0. The Balaban J connectivity index is 1.84. The molecule has 4 nitrogen and oxygen atoms in total. The van der Waals surface area contributed by atoms with Crippen LogP contribution in [-0.2, 0) is 0 Å². The summed E-state index contributed by atoms with van der Waals surface area (Å²) in [6, 6.07) is 4.48. The predicted octanol–water partition coefficient (Wildman–Crippen LogP) is 3.61. The highest BCUT2D eigenvalue weighted by atomic mass is 79.9. The van der Waals surface area contributed by atoms with Gasteiger partial charge in [-0.05, 0) is 59.7 Å². The Morgan fingerprint density at radius 2 is 1.79 bits per heavy atom. The molecule has 5 heteroatoms. The van der Waals surface area contributed by atoms with Crippen molar-refractivity contribution in [1.29, 1.82) is 0 Å². The van der Waals surface area contributed by atoms with Gasteiger partial charge in [-0.3, -0.25) is 0 Å². The van der Waals surface area contributed by atoms with Crippen LogP contribution in [0.2, 0.25) is 0 Å². The molecule has 0 amide bonds. The summed E-state index contributed by atoms with van der Waals surface area (Å²) < 4.78 is 0.994. The Kier molecular flexibility index (Phi) is 3.39. The molecule has 19 heavy (non-hydrogen) atoms. The van der Waals surface area contributed by atoms with Crippen molar-refractivity contribution in [3.63, 3.8) is 0 Å². The summed E-state index contributed by atoms with van der Waals surface area (Å²) in [4.78, 5) is 16.9. The SMILES string of the molecule is CC1CCC(Nc2cc3[nH]c(=O)[nH]c3cc2Br)CC1. The lowest BCUT2D eigenvalue weighted by Crippen LogP contribution is -2.25. The van der Waals surface area contributed by atoms with Gasteiger partial charge >= 0.3 is 5.69 Å². The minimum atomic E-state index is -0.162. The number of hydrogen-bond acceptors (Lipinski definition) is 2. The fraction of sp³-hybridized carbons (Fsp3) is 0.500. The Morgan fingerprint density at radius 3 is 2.47 bits per heavy atom. The molecule has 1 aliphatic rings. The number of nitrogens with one attached hydrogen (secondary N) is 3. The third-order valence-corrected chi connectivity index (χ3v) is 4.64. The second kappa shape index (κ2) is 5.04. The molecule has 0 atom stereocenters. The zero-order valence-electron chi connectivity index (χ0n) is 10.9. The maximum absolute atomic E-state index is 11.3. The average molecular weight is 324 g/mol. The van der Waals surface area contributed by atoms with Crippen LogP contribution in [0.15, 0.2) is 21.4 Å². The van der Waals surface area contributed by atoms with E-state index < -0.39 is 0 Å². The molecule has 0 radical (unpaired) electrons. The fourth-order valence-electron chi connectivity index (χ4n) is 2.79. The first-order valence-electron chi connectivity index (χ1n) is 6.80. The normalized spacial score (nSPS) is 23.7. The summed E-state index contributed by atoms with van der Waals surface area (Å²) in [5.41, 5.74) is 2.58. The van der Waals surface area contributed by atoms with Crippen molar-refractivity contribution in [3.8, 4) is 0 Å². The van der Waals surface area contributed by atoms with Crippen molar-refractivity contribution in [2.75, 3.05) is 5.32 Å². The lowest BCUT2D eigenvalue weighted by atomic mass is 9.87. The van der Waals surface area contributed by atoms with Gasteiger partial charge in [0.25, 0.3) is 0 Å². The van der Waals surface area contributed by atoms with Crippen molar-refractivity contribution in [1.82, 2.24) is 9.97 Å². The number of anilines is 1. The van der Waals surface area contributed by atoms with E-state index in [9.17, 15) is 4.79 Å². The van der Waals surface area contributed by atoms with Crippen LogP contribution in [0.3, 0.4) is 0 Å². The number of aromatic amines is 2. The van der Waals surface area contributed by atoms with E-state index >= 15 is 0 Å². The molecule has 1 heterocycles. The molecule has 1 aliphatic carbocycles. The molecule has 102 valence electrons. The van der Waals surface area contributed by atoms with Crippen molar-refractivity contribution >= 4 is 32.7 Å². The van der Waals surface area contributed by atoms with Crippen LogP contribution in [0.4, 0.5) is 5.69 Å². The van der Waals surface area contributed by atoms with Gasteiger partial charge < -0.3 is 15.3 Å². The van der Waals surface area contributed by atoms with Crippen molar-refractivity contribution in [3.05, 3.63) is 27.1 Å². The van der Waals surface area contributed by atoms with E-state index in [-0.39, 0.29) is 5.69 Å². The minimum absolute atomic E-state index is 0.162. The van der Waals surface area contributed by atoms with Gasteiger partial charge in [-0.2, -0.15) is 0 Å². The lowest BCUT2D eigenvalue weighted by Gasteiger charge is -2.28. The van der Waals surface area contributed by atoms with Gasteiger partial charge in [0.1, 0.15) is 0 Å². The molecule has 1 aromatic heterocycles. The largest absolute Gasteiger partial charge is 0.381 e. The first-order valence-corrected chi connectivity index (χ1v) is 7.59. The van der Waals surface area contributed by atoms with Gasteiger partial charge in [0, 0.05) is 10.5 Å². The Bertz CT molecular complexity index is 638. The van der Waals surface area contributed by atoms with Crippen LogP contribution in [-0.4, -0.2) is 16.0 Å². The van der Waals surface area contributed by atoms with E-state index in [0.29, 0.717) is 6.04 Å². The van der Waals surface area contributed by atoms with Gasteiger partial charge in [0.05, 0.1) is 16.7 Å². The Labute approximate surface area is 120 Å². The molecule has 0 unspecified atom stereocenters. The van der Waals surface area contributed by atoms with Crippen LogP contribution >= 0.6 is 15.9 Å². The molecule has 1 fully saturated rings. The van der Waals surface area contributed by atoms with E-state index in [1.54, 1.807) is 0 Å². The van der Waals surface area contributed by atoms with E-state index in [2.05, 4.69) is 38.1 Å². The molecule has 0 aliphatic heterocycles. The topological polar surface area (TPSA) is 60.7 Å². The number of aromatic nitrogens is 2. The highest BCUT2D eigenvalue weighted by molar-refractivity contribution is 9.10. The fourth-order valence-corrected chi connectivity index (χ4v) is 3.25. The highest BCUT2D eigenvalue weighted by Crippen LogP contribution is 2.31. The third kappa shape index (κ3) is 2.71. The van der Waals surface area contributed by atoms with Gasteiger partial charge in [-0.25, -0.2) is 4.79 Å². The number of benzene rings is 1. The first kappa shape index (κ1) is 12.8. The van der Waals surface area contributed by atoms with E-state index in [1.165, 1.54) is 25.7 Å². The monoisotopic (exact) mass is 323 g/mol. The highest BCUT2D eigenvalue weighted by Gasteiger charge is 2.18. The van der Waals surface area contributed by atoms with E-state index in [4.69, 9.17) is 0 Å². The molecule has 0 bridgehead atoms. The van der Waals surface area contributed by atoms with E-state index in [1.807, 2.05) is 12.1 Å². The van der Waals surface area contributed by atoms with Crippen LogP contribution in [0.25, 0.3) is 11.0 Å². The summed E-state index contributed by atoms with van der Waals surface area (Å²) in [6.45, 7) is 2.32. The van der Waals surface area contributed by atoms with Gasteiger partial charge in [0.15, 0.2) is 0 Å². The summed E-state index contributed by atoms with van der Waals surface area (Å²) in [5.74, 6) is 0.852. The van der Waals surface area contributed by atoms with Crippen LogP contribution in [0.5, 0.6) is 0 Å². The minimum Gasteiger partial charge on any atom is -0.381 e. The second-order valence-electron chi connectivity index (χ2n) is 5.56. The van der Waals surface area contributed by atoms with Crippen LogP contribution < -0.4 is 11.0 Å². The van der Waals surface area contributed by atoms with Crippen molar-refractivity contribution < 1.29 is 0 Å². The smallest absolute Gasteiger partial charge is 0.323 e. The van der Waals surface area contributed by atoms with Gasteiger partial charge in [-0.1, -0.05) is 6.92 Å². The quantitative estimate of drug-likeness (QED) is 0.790. The maximum Gasteiger partial charge on any atom is 0.323 e. The Morgan fingerprint density at radius 1 is 1.16 bits per heavy atom. The zero-order valence-corrected chi connectivity index (χ0v) is 12.5. The maximum atomic E-state index is 11.3. The standard InChI is InChI=1S/C14H18BrN3O/c1-8-2-4-9(5-3-8)16-11-7-13-12(6-10(11)15)17-14(19)18-13/h6-9,16H,2-5H2,1H3,(H2,17,18,19). The molecule has 2 aromatic rings. The van der Waals surface area contributed by atoms with E-state index in [0.717, 1.165) is 27.1 Å². The molecule has 0 spiro atoms. The van der Waals surface area contributed by atoms with Crippen molar-refractivity contribution in [2.45, 2.75) is 38.6 Å². The number of halogens is 1. The number of rotatable bonds is 2. The molecular weight excluding hydrogens is 306 g/mol. The predicted molar refractivity (Wildman–Crippen MR) is 81.7 cm³/mol. The molecular formula is C14H18BrN3O. The number of hydrogen-bond donors (Lipinski definition) is 3. The number of fused-ring (bicyclic) bond motifs is 1. The first-order chi connectivity index (χ1) is 9.11. The third-order valence-electron chi connectivity index (χ3n) is 3.98. The second-order valence-corrected chi connectivity index (χ2v) is 6.41. The lowest BCUT2D eigenvalue weighted by molar-refractivity contribution is 0.361. The van der Waals surface area contributed by atoms with Gasteiger partial charge in [0.2, 0.25) is 0 Å². The summed E-state index contributed by atoms with van der Waals surface area (Å²) in [6.07, 6.45) is 5.02. The average Bonchev–Trinajstić information content (AvgIpc) is 2.72. The zero-order chi connectivity index (χ0) is 13.4. The Hall–Kier alpha value is -1.23. The number of H-pyrrole nitrogens is 2. The van der Waals surface area contributed by atoms with Gasteiger partial charge in [-0.15, -0.1) is 0 Å². The number of imidazole rings is 1. The molecule has 3 rings (SSSR count). The molecule has 3 N–H and O–H groups in total.